The summed E-state index contributed by atoms with van der Waals surface area (Å²) in [5.74, 6) is 0.296. The summed E-state index contributed by atoms with van der Waals surface area (Å²) in [6.07, 6.45) is 5.52. The third-order valence-electron chi connectivity index (χ3n) is 1.46. The molecule has 4 nitrogen and oxygen atoms in total. The first kappa shape index (κ1) is 10.7. The Balaban J connectivity index is 2.47. The van der Waals surface area contributed by atoms with E-state index in [0.717, 1.165) is 0 Å². The van der Waals surface area contributed by atoms with Gasteiger partial charge in [-0.2, -0.15) is 0 Å². The van der Waals surface area contributed by atoms with Gasteiger partial charge in [0.25, 0.3) is 0 Å². The average molecular weight is 212 g/mol. The molecule has 1 aromatic heterocycles. The van der Waals surface area contributed by atoms with Gasteiger partial charge >= 0.3 is 0 Å². The molecular weight excluding hydrogens is 202 g/mol. The Kier molecular flexibility index (Phi) is 4.07. The first-order valence-corrected chi connectivity index (χ1v) is 4.48. The van der Waals surface area contributed by atoms with Crippen molar-refractivity contribution in [3.05, 3.63) is 30.2 Å². The lowest BCUT2D eigenvalue weighted by Crippen LogP contribution is -2.11. The molecule has 0 aromatic carbocycles. The van der Waals surface area contributed by atoms with Gasteiger partial charge in [-0.1, -0.05) is 17.7 Å². The van der Waals surface area contributed by atoms with Crippen LogP contribution in [0.1, 0.15) is 12.8 Å². The quantitative estimate of drug-likeness (QED) is 0.776. The van der Waals surface area contributed by atoms with Gasteiger partial charge in [0.15, 0.2) is 5.82 Å². The Hall–Kier alpha value is -1.42. The molecule has 1 aromatic rings. The predicted octanol–water partition coefficient (Wildman–Crippen LogP) is 2.03. The smallest absolute Gasteiger partial charge is 0.225 e. The largest absolute Gasteiger partial charge is 0.309 e. The number of hydrogen-bond acceptors (Lipinski definition) is 3. The molecule has 1 amide bonds. The Morgan fingerprint density at radius 3 is 2.93 bits per heavy atom. The molecule has 74 valence electrons. The molecule has 0 aliphatic carbocycles. The van der Waals surface area contributed by atoms with Gasteiger partial charge in [-0.15, -0.1) is 6.58 Å². The van der Waals surface area contributed by atoms with Crippen molar-refractivity contribution >= 4 is 23.3 Å². The number of rotatable bonds is 4. The van der Waals surface area contributed by atoms with Gasteiger partial charge in [0.05, 0.1) is 12.4 Å². The van der Waals surface area contributed by atoms with Crippen molar-refractivity contribution in [1.29, 1.82) is 0 Å². The fourth-order valence-corrected chi connectivity index (χ4v) is 0.913. The van der Waals surface area contributed by atoms with Crippen molar-refractivity contribution in [2.24, 2.45) is 0 Å². The molecular formula is C9H10ClN3O. The van der Waals surface area contributed by atoms with E-state index in [2.05, 4.69) is 21.9 Å². The van der Waals surface area contributed by atoms with E-state index in [1.807, 2.05) is 0 Å². The number of allylic oxidation sites excluding steroid dienone is 1. The fraction of sp³-hybridized carbons (Fsp3) is 0.222. The van der Waals surface area contributed by atoms with Crippen LogP contribution < -0.4 is 5.32 Å². The van der Waals surface area contributed by atoms with E-state index < -0.39 is 0 Å². The average Bonchev–Trinajstić information content (AvgIpc) is 2.18. The zero-order chi connectivity index (χ0) is 10.4. The van der Waals surface area contributed by atoms with Gasteiger partial charge < -0.3 is 5.32 Å². The second-order valence-electron chi connectivity index (χ2n) is 2.60. The maximum Gasteiger partial charge on any atom is 0.225 e. The lowest BCUT2D eigenvalue weighted by molar-refractivity contribution is -0.116. The predicted molar refractivity (Wildman–Crippen MR) is 55.1 cm³/mol. The highest BCUT2D eigenvalue weighted by Crippen LogP contribution is 2.05. The Bertz CT molecular complexity index is 323. The van der Waals surface area contributed by atoms with Crippen molar-refractivity contribution in [2.75, 3.05) is 5.32 Å². The van der Waals surface area contributed by atoms with Crippen LogP contribution in [0.5, 0.6) is 0 Å². The molecule has 0 aliphatic rings. The van der Waals surface area contributed by atoms with Crippen molar-refractivity contribution < 1.29 is 4.79 Å². The summed E-state index contributed by atoms with van der Waals surface area (Å²) in [5, 5.41) is 2.89. The maximum atomic E-state index is 11.2. The molecule has 0 atom stereocenters. The molecule has 0 fully saturated rings. The third-order valence-corrected chi connectivity index (χ3v) is 1.66. The Morgan fingerprint density at radius 2 is 2.36 bits per heavy atom. The second kappa shape index (κ2) is 5.34. The number of aromatic nitrogens is 2. The molecule has 0 spiro atoms. The van der Waals surface area contributed by atoms with Crippen LogP contribution in [0.3, 0.4) is 0 Å². The molecule has 0 unspecified atom stereocenters. The van der Waals surface area contributed by atoms with Crippen LogP contribution in [0.4, 0.5) is 5.82 Å². The number of carbonyl (C=O) groups excluding carboxylic acids is 1. The number of carbonyl (C=O) groups is 1. The topological polar surface area (TPSA) is 54.9 Å². The summed E-state index contributed by atoms with van der Waals surface area (Å²) < 4.78 is 0. The monoisotopic (exact) mass is 211 g/mol. The van der Waals surface area contributed by atoms with Gasteiger partial charge in [0, 0.05) is 6.42 Å². The van der Waals surface area contributed by atoms with Gasteiger partial charge in [-0.05, 0) is 6.42 Å². The Labute approximate surface area is 87.0 Å². The minimum atomic E-state index is -0.110. The van der Waals surface area contributed by atoms with Gasteiger partial charge in [-0.3, -0.25) is 4.79 Å². The van der Waals surface area contributed by atoms with E-state index in [1.54, 1.807) is 6.08 Å². The zero-order valence-corrected chi connectivity index (χ0v) is 8.29. The van der Waals surface area contributed by atoms with E-state index in [9.17, 15) is 4.79 Å². The van der Waals surface area contributed by atoms with Crippen LogP contribution in [0, 0.1) is 0 Å². The molecule has 14 heavy (non-hydrogen) atoms. The number of amides is 1. The van der Waals surface area contributed by atoms with Crippen LogP contribution in [-0.4, -0.2) is 15.9 Å². The van der Waals surface area contributed by atoms with Crippen molar-refractivity contribution in [3.63, 3.8) is 0 Å². The standard InChI is InChI=1S/C9H10ClN3O/c1-2-3-4-9(14)13-8-6-11-7(10)5-12-8/h2,5-6H,1,3-4H2,(H,12,13,14). The molecule has 1 N–H and O–H groups in total. The third kappa shape index (κ3) is 3.53. The van der Waals surface area contributed by atoms with E-state index >= 15 is 0 Å². The SMILES string of the molecule is C=CCCC(=O)Nc1cnc(Cl)cn1. The molecule has 1 heterocycles. The summed E-state index contributed by atoms with van der Waals surface area (Å²) in [6, 6.07) is 0. The Morgan fingerprint density at radius 1 is 1.57 bits per heavy atom. The van der Waals surface area contributed by atoms with Crippen molar-refractivity contribution in [3.8, 4) is 0 Å². The molecule has 0 aliphatic heterocycles. The number of anilines is 1. The minimum absolute atomic E-state index is 0.110. The second-order valence-corrected chi connectivity index (χ2v) is 2.99. The highest BCUT2D eigenvalue weighted by atomic mass is 35.5. The van der Waals surface area contributed by atoms with Crippen molar-refractivity contribution in [1.82, 2.24) is 9.97 Å². The molecule has 1 rings (SSSR count). The summed E-state index contributed by atoms with van der Waals surface area (Å²) in [6.45, 7) is 3.53. The van der Waals surface area contributed by atoms with Crippen LogP contribution >= 0.6 is 11.6 Å². The molecule has 5 heteroatoms. The van der Waals surface area contributed by atoms with Gasteiger partial charge in [0.2, 0.25) is 5.91 Å². The summed E-state index contributed by atoms with van der Waals surface area (Å²) in [7, 11) is 0. The zero-order valence-electron chi connectivity index (χ0n) is 7.53. The van der Waals surface area contributed by atoms with Crippen LogP contribution in [-0.2, 0) is 4.79 Å². The minimum Gasteiger partial charge on any atom is -0.309 e. The van der Waals surface area contributed by atoms with Crippen LogP contribution in [0.2, 0.25) is 5.15 Å². The maximum absolute atomic E-state index is 11.2. The summed E-state index contributed by atoms with van der Waals surface area (Å²) in [4.78, 5) is 18.9. The normalized spacial score (nSPS) is 9.50. The molecule has 0 saturated carbocycles. The molecule has 0 saturated heterocycles. The summed E-state index contributed by atoms with van der Waals surface area (Å²) in [5.41, 5.74) is 0. The van der Waals surface area contributed by atoms with E-state index in [4.69, 9.17) is 11.6 Å². The van der Waals surface area contributed by atoms with Crippen molar-refractivity contribution in [2.45, 2.75) is 12.8 Å². The van der Waals surface area contributed by atoms with Gasteiger partial charge in [0.1, 0.15) is 5.15 Å². The van der Waals surface area contributed by atoms with E-state index in [-0.39, 0.29) is 5.91 Å². The highest BCUT2D eigenvalue weighted by Gasteiger charge is 2.01. The van der Waals surface area contributed by atoms with Gasteiger partial charge in [-0.25, -0.2) is 9.97 Å². The molecule has 0 radical (unpaired) electrons. The van der Waals surface area contributed by atoms with E-state index in [0.29, 0.717) is 23.8 Å². The van der Waals surface area contributed by atoms with E-state index in [1.165, 1.54) is 12.4 Å². The number of hydrogen-bond donors (Lipinski definition) is 1. The summed E-state index contributed by atoms with van der Waals surface area (Å²) >= 11 is 5.53. The first-order valence-electron chi connectivity index (χ1n) is 4.10. The lowest BCUT2D eigenvalue weighted by atomic mass is 10.3. The molecule has 0 bridgehead atoms. The first-order chi connectivity index (χ1) is 6.72. The number of halogens is 1. The van der Waals surface area contributed by atoms with Crippen LogP contribution in [0.25, 0.3) is 0 Å². The highest BCUT2D eigenvalue weighted by molar-refractivity contribution is 6.29. The van der Waals surface area contributed by atoms with Crippen LogP contribution in [0.15, 0.2) is 25.0 Å². The lowest BCUT2D eigenvalue weighted by Gasteiger charge is -2.01. The fourth-order valence-electron chi connectivity index (χ4n) is 0.815. The number of nitrogens with zero attached hydrogens (tertiary/aromatic N) is 2. The number of nitrogens with one attached hydrogen (secondary N) is 1.